The maximum Gasteiger partial charge on any atom is 0.125 e. The molecule has 1 aliphatic rings. The number of carbonyl (C=O) groups excluding carboxylic acids is 1. The van der Waals surface area contributed by atoms with E-state index < -0.39 is 0 Å². The fraction of sp³-hybridized carbons (Fsp3) is 0.929. The van der Waals surface area contributed by atoms with Crippen molar-refractivity contribution in [1.82, 2.24) is 0 Å². The molecule has 88 valence electrons. The van der Waals surface area contributed by atoms with Crippen molar-refractivity contribution in [3.63, 3.8) is 0 Å². The minimum atomic E-state index is 0.00848. The number of carbonyl (C=O) groups is 1. The van der Waals surface area contributed by atoms with Gasteiger partial charge in [-0.3, -0.25) is 0 Å². The predicted octanol–water partition coefficient (Wildman–Crippen LogP) is 4.21. The molecule has 0 heterocycles. The summed E-state index contributed by atoms with van der Waals surface area (Å²) in [5, 5.41) is 0. The van der Waals surface area contributed by atoms with Crippen LogP contribution in [0.2, 0.25) is 0 Å². The SMILES string of the molecule is CC(C)CCCC1CCC(C)(C=O)CC1. The second-order valence-electron chi connectivity index (χ2n) is 6.04. The van der Waals surface area contributed by atoms with Crippen LogP contribution in [0, 0.1) is 17.3 Å². The van der Waals surface area contributed by atoms with Crippen LogP contribution in [0.4, 0.5) is 0 Å². The van der Waals surface area contributed by atoms with Gasteiger partial charge in [-0.1, -0.05) is 40.0 Å². The lowest BCUT2D eigenvalue weighted by Crippen LogP contribution is -2.25. The normalized spacial score (nSPS) is 31.9. The van der Waals surface area contributed by atoms with Crippen LogP contribution in [0.5, 0.6) is 0 Å². The first-order chi connectivity index (χ1) is 7.06. The Labute approximate surface area is 94.6 Å². The largest absolute Gasteiger partial charge is 0.303 e. The van der Waals surface area contributed by atoms with E-state index in [-0.39, 0.29) is 5.41 Å². The quantitative estimate of drug-likeness (QED) is 0.621. The highest BCUT2D eigenvalue weighted by atomic mass is 16.1. The molecule has 1 aliphatic carbocycles. The van der Waals surface area contributed by atoms with Crippen LogP contribution in [0.15, 0.2) is 0 Å². The lowest BCUT2D eigenvalue weighted by molar-refractivity contribution is -0.117. The minimum absolute atomic E-state index is 0.00848. The first-order valence-corrected chi connectivity index (χ1v) is 6.52. The molecule has 0 aromatic rings. The van der Waals surface area contributed by atoms with E-state index in [1.807, 2.05) is 0 Å². The van der Waals surface area contributed by atoms with E-state index in [2.05, 4.69) is 20.8 Å². The van der Waals surface area contributed by atoms with Gasteiger partial charge in [0.2, 0.25) is 0 Å². The van der Waals surface area contributed by atoms with Gasteiger partial charge in [-0.15, -0.1) is 0 Å². The van der Waals surface area contributed by atoms with Crippen molar-refractivity contribution < 1.29 is 4.79 Å². The summed E-state index contributed by atoms with van der Waals surface area (Å²) in [6.45, 7) is 6.71. The Balaban J connectivity index is 2.17. The zero-order valence-electron chi connectivity index (χ0n) is 10.6. The third kappa shape index (κ3) is 4.36. The van der Waals surface area contributed by atoms with Crippen LogP contribution in [0.25, 0.3) is 0 Å². The Morgan fingerprint density at radius 2 is 1.93 bits per heavy atom. The summed E-state index contributed by atoms with van der Waals surface area (Å²) in [6.07, 6.45) is 10.1. The van der Waals surface area contributed by atoms with Crippen molar-refractivity contribution in [3.05, 3.63) is 0 Å². The molecule has 0 bridgehead atoms. The van der Waals surface area contributed by atoms with Gasteiger partial charge in [-0.25, -0.2) is 0 Å². The van der Waals surface area contributed by atoms with Crippen LogP contribution >= 0.6 is 0 Å². The van der Waals surface area contributed by atoms with Crippen molar-refractivity contribution >= 4 is 6.29 Å². The smallest absolute Gasteiger partial charge is 0.125 e. The molecule has 0 radical (unpaired) electrons. The van der Waals surface area contributed by atoms with Gasteiger partial charge in [0.05, 0.1) is 0 Å². The zero-order valence-corrected chi connectivity index (χ0v) is 10.6. The maximum atomic E-state index is 10.9. The summed E-state index contributed by atoms with van der Waals surface area (Å²) >= 11 is 0. The molecule has 1 saturated carbocycles. The summed E-state index contributed by atoms with van der Waals surface area (Å²) in [7, 11) is 0. The fourth-order valence-corrected chi connectivity index (χ4v) is 2.56. The van der Waals surface area contributed by atoms with E-state index in [0.29, 0.717) is 0 Å². The van der Waals surface area contributed by atoms with Gasteiger partial charge < -0.3 is 4.79 Å². The average Bonchev–Trinajstić information content (AvgIpc) is 2.21. The van der Waals surface area contributed by atoms with Crippen molar-refractivity contribution in [2.24, 2.45) is 17.3 Å². The van der Waals surface area contributed by atoms with Crippen molar-refractivity contribution in [2.75, 3.05) is 0 Å². The molecular weight excluding hydrogens is 184 g/mol. The van der Waals surface area contributed by atoms with E-state index in [9.17, 15) is 4.79 Å². The Morgan fingerprint density at radius 3 is 2.40 bits per heavy atom. The van der Waals surface area contributed by atoms with Crippen LogP contribution in [0.3, 0.4) is 0 Å². The summed E-state index contributed by atoms with van der Waals surface area (Å²) in [5.41, 5.74) is 0.00848. The molecule has 1 nitrogen and oxygen atoms in total. The lowest BCUT2D eigenvalue weighted by atomic mass is 9.71. The van der Waals surface area contributed by atoms with Gasteiger partial charge in [-0.2, -0.15) is 0 Å². The van der Waals surface area contributed by atoms with E-state index >= 15 is 0 Å². The van der Waals surface area contributed by atoms with Gasteiger partial charge in [0.25, 0.3) is 0 Å². The Kier molecular flexibility index (Phi) is 4.82. The molecule has 0 spiro atoms. The van der Waals surface area contributed by atoms with Crippen molar-refractivity contribution in [1.29, 1.82) is 0 Å². The van der Waals surface area contributed by atoms with Gasteiger partial charge >= 0.3 is 0 Å². The molecule has 0 atom stereocenters. The molecule has 1 fully saturated rings. The van der Waals surface area contributed by atoms with Gasteiger partial charge in [0, 0.05) is 5.41 Å². The zero-order chi connectivity index (χ0) is 11.3. The molecule has 1 heteroatoms. The first-order valence-electron chi connectivity index (χ1n) is 6.52. The van der Waals surface area contributed by atoms with E-state index in [0.717, 1.165) is 24.7 Å². The first kappa shape index (κ1) is 12.7. The summed E-state index contributed by atoms with van der Waals surface area (Å²) in [5.74, 6) is 1.74. The van der Waals surface area contributed by atoms with Crippen LogP contribution < -0.4 is 0 Å². The molecular formula is C14H26O. The standard InChI is InChI=1S/C14H26O/c1-12(2)5-4-6-13-7-9-14(3,11-15)10-8-13/h11-13H,4-10H2,1-3H3. The number of hydrogen-bond donors (Lipinski definition) is 0. The van der Waals surface area contributed by atoms with E-state index in [4.69, 9.17) is 0 Å². The molecule has 0 saturated heterocycles. The lowest BCUT2D eigenvalue weighted by Gasteiger charge is -2.33. The molecule has 0 aromatic heterocycles. The Morgan fingerprint density at radius 1 is 1.33 bits per heavy atom. The Bertz CT molecular complexity index is 188. The maximum absolute atomic E-state index is 10.9. The second kappa shape index (κ2) is 5.67. The molecule has 1 rings (SSSR count). The number of hydrogen-bond acceptors (Lipinski definition) is 1. The van der Waals surface area contributed by atoms with E-state index in [1.54, 1.807) is 0 Å². The molecule has 0 N–H and O–H groups in total. The summed E-state index contributed by atoms with van der Waals surface area (Å²) < 4.78 is 0. The number of rotatable bonds is 5. The van der Waals surface area contributed by atoms with Crippen LogP contribution in [-0.2, 0) is 4.79 Å². The summed E-state index contributed by atoms with van der Waals surface area (Å²) in [4.78, 5) is 10.9. The highest BCUT2D eigenvalue weighted by Crippen LogP contribution is 2.38. The minimum Gasteiger partial charge on any atom is -0.303 e. The van der Waals surface area contributed by atoms with Crippen LogP contribution in [0.1, 0.15) is 65.7 Å². The summed E-state index contributed by atoms with van der Waals surface area (Å²) in [6, 6.07) is 0. The predicted molar refractivity (Wildman–Crippen MR) is 64.8 cm³/mol. The van der Waals surface area contributed by atoms with Gasteiger partial charge in [-0.05, 0) is 37.5 Å². The highest BCUT2D eigenvalue weighted by molar-refractivity contribution is 5.58. The monoisotopic (exact) mass is 210 g/mol. The second-order valence-corrected chi connectivity index (χ2v) is 6.04. The fourth-order valence-electron chi connectivity index (χ4n) is 2.56. The molecule has 0 aliphatic heterocycles. The van der Waals surface area contributed by atoms with Crippen LogP contribution in [-0.4, -0.2) is 6.29 Å². The Hall–Kier alpha value is -0.330. The average molecular weight is 210 g/mol. The number of aldehydes is 1. The molecule has 0 aromatic carbocycles. The topological polar surface area (TPSA) is 17.1 Å². The third-order valence-corrected chi connectivity index (χ3v) is 3.93. The molecule has 0 amide bonds. The van der Waals surface area contributed by atoms with Gasteiger partial charge in [0.15, 0.2) is 0 Å². The van der Waals surface area contributed by atoms with Crippen molar-refractivity contribution in [3.8, 4) is 0 Å². The van der Waals surface area contributed by atoms with Crippen molar-refractivity contribution in [2.45, 2.75) is 65.7 Å². The van der Waals surface area contributed by atoms with E-state index in [1.165, 1.54) is 38.4 Å². The highest BCUT2D eigenvalue weighted by Gasteiger charge is 2.30. The molecule has 15 heavy (non-hydrogen) atoms. The van der Waals surface area contributed by atoms with Gasteiger partial charge in [0.1, 0.15) is 6.29 Å². The molecule has 0 unspecified atom stereocenters. The third-order valence-electron chi connectivity index (χ3n) is 3.93.